The number of carbonyl (C=O) groups is 2. The Kier molecular flexibility index (Phi) is 6.99. The van der Waals surface area contributed by atoms with Crippen LogP contribution in [0.5, 0.6) is 0 Å². The van der Waals surface area contributed by atoms with Gasteiger partial charge in [-0.05, 0) is 59.9 Å². The van der Waals surface area contributed by atoms with Gasteiger partial charge >= 0.3 is 12.0 Å². The van der Waals surface area contributed by atoms with Gasteiger partial charge in [0.05, 0.1) is 17.1 Å². The second-order valence-electron chi connectivity index (χ2n) is 10.5. The third-order valence-electron chi connectivity index (χ3n) is 8.00. The fourth-order valence-corrected chi connectivity index (χ4v) is 5.97. The van der Waals surface area contributed by atoms with Crippen molar-refractivity contribution in [1.29, 1.82) is 0 Å². The Labute approximate surface area is 228 Å². The summed E-state index contributed by atoms with van der Waals surface area (Å²) in [6.07, 6.45) is 3.70. The van der Waals surface area contributed by atoms with Gasteiger partial charge in [0.2, 0.25) is 0 Å². The number of carboxylic acid groups (broad SMARTS) is 1. The number of piperidine rings is 1. The minimum atomic E-state index is -0.946. The maximum absolute atomic E-state index is 13.8. The quantitative estimate of drug-likeness (QED) is 0.344. The monoisotopic (exact) mass is 520 g/mol. The second-order valence-corrected chi connectivity index (χ2v) is 10.5. The lowest BCUT2D eigenvalue weighted by molar-refractivity contribution is 0.0696. The van der Waals surface area contributed by atoms with Crippen LogP contribution in [0.15, 0.2) is 91.1 Å². The first-order chi connectivity index (χ1) is 19.0. The van der Waals surface area contributed by atoms with Gasteiger partial charge in [-0.25, -0.2) is 9.59 Å². The largest absolute Gasteiger partial charge is 0.478 e. The predicted octanol–water partition coefficient (Wildman–Crippen LogP) is 5.58. The van der Waals surface area contributed by atoms with Crippen molar-refractivity contribution in [1.82, 2.24) is 19.7 Å². The highest BCUT2D eigenvalue weighted by Gasteiger charge is 2.42. The first-order valence-electron chi connectivity index (χ1n) is 13.6. The maximum atomic E-state index is 13.8. The number of hydrogen-bond donors (Lipinski definition) is 1. The summed E-state index contributed by atoms with van der Waals surface area (Å²) in [4.78, 5) is 36.0. The van der Waals surface area contributed by atoms with E-state index < -0.39 is 5.97 Å². The molecule has 0 unspecified atom stereocenters. The van der Waals surface area contributed by atoms with Crippen molar-refractivity contribution in [3.63, 3.8) is 0 Å². The molecule has 3 heterocycles. The molecular formula is C32H32N4O3. The van der Waals surface area contributed by atoms with E-state index in [-0.39, 0.29) is 23.7 Å². The molecule has 7 heteroatoms. The van der Waals surface area contributed by atoms with Crippen molar-refractivity contribution in [2.45, 2.75) is 38.0 Å². The molecule has 6 rings (SSSR count). The highest BCUT2D eigenvalue weighted by molar-refractivity contribution is 5.87. The molecule has 0 saturated carbocycles. The molecule has 4 aromatic rings. The number of aromatic nitrogens is 1. The van der Waals surface area contributed by atoms with E-state index in [9.17, 15) is 14.7 Å². The van der Waals surface area contributed by atoms with Gasteiger partial charge in [0.1, 0.15) is 0 Å². The minimum Gasteiger partial charge on any atom is -0.478 e. The molecule has 2 fully saturated rings. The zero-order chi connectivity index (χ0) is 26.8. The zero-order valence-corrected chi connectivity index (χ0v) is 21.8. The Morgan fingerprint density at radius 3 is 2.36 bits per heavy atom. The molecule has 1 N–H and O–H groups in total. The number of fused-ring (bicyclic) bond motifs is 1. The summed E-state index contributed by atoms with van der Waals surface area (Å²) in [5, 5.41) is 10.4. The summed E-state index contributed by atoms with van der Waals surface area (Å²) in [7, 11) is 0. The molecule has 0 bridgehead atoms. The third-order valence-corrected chi connectivity index (χ3v) is 8.00. The van der Waals surface area contributed by atoms with E-state index in [1.807, 2.05) is 35.4 Å². The van der Waals surface area contributed by atoms with Crippen LogP contribution in [0.1, 0.15) is 45.9 Å². The van der Waals surface area contributed by atoms with E-state index in [2.05, 4.69) is 51.2 Å². The lowest BCUT2D eigenvalue weighted by atomic mass is 9.98. The first kappa shape index (κ1) is 25.1. The van der Waals surface area contributed by atoms with Crippen LogP contribution in [0.25, 0.3) is 10.9 Å². The van der Waals surface area contributed by atoms with E-state index in [0.717, 1.165) is 54.5 Å². The summed E-state index contributed by atoms with van der Waals surface area (Å²) in [6, 6.07) is 27.9. The first-order valence-corrected chi connectivity index (χ1v) is 13.6. The average molecular weight is 521 g/mol. The number of likely N-dealkylation sites (tertiary alicyclic amines) is 1. The van der Waals surface area contributed by atoms with Gasteiger partial charge in [0.25, 0.3) is 0 Å². The lowest BCUT2D eigenvalue weighted by Crippen LogP contribution is -2.47. The molecular weight excluding hydrogens is 488 g/mol. The molecule has 0 radical (unpaired) electrons. The molecule has 1 aromatic heterocycles. The number of carbonyl (C=O) groups excluding carboxylic acids is 1. The van der Waals surface area contributed by atoms with Crippen LogP contribution in [0.3, 0.4) is 0 Å². The average Bonchev–Trinajstić information content (AvgIpc) is 3.29. The number of urea groups is 1. The van der Waals surface area contributed by atoms with Crippen LogP contribution in [-0.4, -0.2) is 62.5 Å². The summed E-state index contributed by atoms with van der Waals surface area (Å²) in [6.45, 7) is 3.87. The molecule has 198 valence electrons. The van der Waals surface area contributed by atoms with Crippen LogP contribution in [0, 0.1) is 0 Å². The predicted molar refractivity (Wildman–Crippen MR) is 150 cm³/mol. The highest BCUT2D eigenvalue weighted by Crippen LogP contribution is 2.35. The van der Waals surface area contributed by atoms with Gasteiger partial charge in [-0.2, -0.15) is 0 Å². The van der Waals surface area contributed by atoms with E-state index in [1.54, 1.807) is 24.3 Å². The van der Waals surface area contributed by atoms with Gasteiger partial charge in [0.15, 0.2) is 0 Å². The number of aromatic carboxylic acids is 1. The molecule has 2 saturated heterocycles. The van der Waals surface area contributed by atoms with E-state index in [4.69, 9.17) is 0 Å². The molecule has 0 aliphatic carbocycles. The van der Waals surface area contributed by atoms with E-state index in [0.29, 0.717) is 13.1 Å². The van der Waals surface area contributed by atoms with Gasteiger partial charge in [-0.1, -0.05) is 54.6 Å². The number of hydrogen-bond acceptors (Lipinski definition) is 4. The van der Waals surface area contributed by atoms with Crippen molar-refractivity contribution >= 4 is 22.9 Å². The van der Waals surface area contributed by atoms with Crippen LogP contribution in [-0.2, 0) is 13.1 Å². The van der Waals surface area contributed by atoms with Crippen molar-refractivity contribution in [3.8, 4) is 0 Å². The van der Waals surface area contributed by atoms with Gasteiger partial charge < -0.3 is 14.9 Å². The standard InChI is InChI=1S/C32H32N4O3/c37-31(38)26-11-8-23(9-12-26)21-35-22-30(25-5-2-1-3-6-25)36(32(35)39)28-14-17-34(18-15-28)20-24-10-13-29-27(19-24)7-4-16-33-29/h1-13,16,19,28,30H,14-15,17-18,20-22H2,(H,37,38)/t30-/m0/s1. The second kappa shape index (κ2) is 10.9. The molecule has 3 aromatic carbocycles. The van der Waals surface area contributed by atoms with Crippen molar-refractivity contribution in [2.75, 3.05) is 19.6 Å². The summed E-state index contributed by atoms with van der Waals surface area (Å²) in [5.74, 6) is -0.946. The zero-order valence-electron chi connectivity index (χ0n) is 21.8. The number of benzene rings is 3. The number of nitrogens with zero attached hydrogens (tertiary/aromatic N) is 4. The third kappa shape index (κ3) is 5.36. The maximum Gasteiger partial charge on any atom is 0.335 e. The van der Waals surface area contributed by atoms with Crippen LogP contribution < -0.4 is 0 Å². The summed E-state index contributed by atoms with van der Waals surface area (Å²) in [5.41, 5.74) is 4.64. The minimum absolute atomic E-state index is 0.00142. The van der Waals surface area contributed by atoms with Crippen molar-refractivity contribution in [2.24, 2.45) is 0 Å². The number of carboxylic acids is 1. The van der Waals surface area contributed by atoms with Gasteiger partial charge in [0, 0.05) is 50.3 Å². The fraction of sp³-hybridized carbons (Fsp3) is 0.281. The Bertz CT molecular complexity index is 1470. The summed E-state index contributed by atoms with van der Waals surface area (Å²) >= 11 is 0. The normalized spacial score (nSPS) is 18.7. The Balaban J connectivity index is 1.15. The van der Waals surface area contributed by atoms with Crippen molar-refractivity contribution < 1.29 is 14.7 Å². The molecule has 0 spiro atoms. The topological polar surface area (TPSA) is 77.0 Å². The van der Waals surface area contributed by atoms with Crippen molar-refractivity contribution in [3.05, 3.63) is 113 Å². The lowest BCUT2D eigenvalue weighted by Gasteiger charge is -2.39. The summed E-state index contributed by atoms with van der Waals surface area (Å²) < 4.78 is 0. The molecule has 1 atom stereocenters. The molecule has 2 aliphatic heterocycles. The number of amides is 2. The van der Waals surface area contributed by atoms with E-state index >= 15 is 0 Å². The Morgan fingerprint density at radius 2 is 1.62 bits per heavy atom. The highest BCUT2D eigenvalue weighted by atomic mass is 16.4. The smallest absolute Gasteiger partial charge is 0.335 e. The van der Waals surface area contributed by atoms with Crippen LogP contribution >= 0.6 is 0 Å². The molecule has 39 heavy (non-hydrogen) atoms. The van der Waals surface area contributed by atoms with Gasteiger partial charge in [-0.3, -0.25) is 9.88 Å². The molecule has 2 amide bonds. The van der Waals surface area contributed by atoms with E-state index in [1.165, 1.54) is 5.56 Å². The Hall–Kier alpha value is -4.23. The van der Waals surface area contributed by atoms with Crippen LogP contribution in [0.4, 0.5) is 4.79 Å². The molecule has 2 aliphatic rings. The molecule has 7 nitrogen and oxygen atoms in total. The SMILES string of the molecule is O=C(O)c1ccc(CN2C[C@@H](c3ccccc3)N(C3CCN(Cc4ccc5ncccc5c4)CC3)C2=O)cc1. The Morgan fingerprint density at radius 1 is 0.872 bits per heavy atom. The number of rotatable bonds is 7. The fourth-order valence-electron chi connectivity index (χ4n) is 5.97. The van der Waals surface area contributed by atoms with Gasteiger partial charge in [-0.15, -0.1) is 0 Å². The van der Waals surface area contributed by atoms with Crippen LogP contribution in [0.2, 0.25) is 0 Å². The number of pyridine rings is 1.